The molecule has 2 aromatic heterocycles. The molecule has 0 unspecified atom stereocenters. The summed E-state index contributed by atoms with van der Waals surface area (Å²) in [5.41, 5.74) is 0.734. The van der Waals surface area contributed by atoms with E-state index in [1.54, 1.807) is 30.6 Å². The maximum atomic E-state index is 11.2. The fraction of sp³-hybridized carbons (Fsp3) is 0.286. The van der Waals surface area contributed by atoms with Crippen LogP contribution in [0.15, 0.2) is 40.8 Å². The summed E-state index contributed by atoms with van der Waals surface area (Å²) >= 11 is 1.25. The first-order valence-corrected chi connectivity index (χ1v) is 6.88. The Hall–Kier alpha value is -1.95. The molecule has 0 radical (unpaired) electrons. The van der Waals surface area contributed by atoms with Crippen LogP contribution in [-0.2, 0) is 5.41 Å². The Morgan fingerprint density at radius 2 is 1.85 bits per heavy atom. The zero-order chi connectivity index (χ0) is 14.8. The summed E-state index contributed by atoms with van der Waals surface area (Å²) < 4.78 is 0. The quantitative estimate of drug-likeness (QED) is 0.875. The van der Waals surface area contributed by atoms with Crippen molar-refractivity contribution in [2.75, 3.05) is 0 Å². The van der Waals surface area contributed by atoms with Gasteiger partial charge >= 0.3 is 5.97 Å². The molecule has 2 heterocycles. The normalized spacial score (nSPS) is 11.3. The second-order valence-corrected chi connectivity index (χ2v) is 6.26. The van der Waals surface area contributed by atoms with Crippen molar-refractivity contribution < 1.29 is 9.90 Å². The van der Waals surface area contributed by atoms with Crippen LogP contribution in [-0.4, -0.2) is 26.0 Å². The van der Waals surface area contributed by atoms with E-state index in [4.69, 9.17) is 0 Å². The molecule has 1 N–H and O–H groups in total. The average Bonchev–Trinajstić information content (AvgIpc) is 2.38. The molecule has 0 fully saturated rings. The molecule has 0 saturated heterocycles. The van der Waals surface area contributed by atoms with Crippen LogP contribution in [0.4, 0.5) is 0 Å². The van der Waals surface area contributed by atoms with Crippen LogP contribution >= 0.6 is 11.8 Å². The largest absolute Gasteiger partial charge is 0.478 e. The fourth-order valence-electron chi connectivity index (χ4n) is 1.50. The number of carbonyl (C=O) groups is 1. The van der Waals surface area contributed by atoms with Gasteiger partial charge in [0.05, 0.1) is 5.56 Å². The van der Waals surface area contributed by atoms with E-state index in [-0.39, 0.29) is 11.0 Å². The predicted molar refractivity (Wildman–Crippen MR) is 76.1 cm³/mol. The van der Waals surface area contributed by atoms with Crippen LogP contribution in [0, 0.1) is 0 Å². The van der Waals surface area contributed by atoms with E-state index in [2.05, 4.69) is 15.0 Å². The third-order valence-corrected chi connectivity index (χ3v) is 3.37. The number of nitrogens with zero attached hydrogens (tertiary/aromatic N) is 3. The van der Waals surface area contributed by atoms with Crippen molar-refractivity contribution in [1.82, 2.24) is 15.0 Å². The van der Waals surface area contributed by atoms with Gasteiger partial charge in [-0.3, -0.25) is 0 Å². The molecule has 2 rings (SSSR count). The first-order chi connectivity index (χ1) is 9.36. The van der Waals surface area contributed by atoms with Gasteiger partial charge in [-0.1, -0.05) is 20.8 Å². The lowest BCUT2D eigenvalue weighted by atomic mass is 9.91. The molecule has 0 aliphatic carbocycles. The predicted octanol–water partition coefficient (Wildman–Crippen LogP) is 3.02. The molecule has 0 aliphatic heterocycles. The number of rotatable bonds is 3. The minimum atomic E-state index is -0.964. The summed E-state index contributed by atoms with van der Waals surface area (Å²) in [7, 11) is 0. The highest BCUT2D eigenvalue weighted by Gasteiger charge is 2.19. The van der Waals surface area contributed by atoms with Crippen LogP contribution in [0.1, 0.15) is 36.8 Å². The number of hydrogen-bond acceptors (Lipinski definition) is 5. The van der Waals surface area contributed by atoms with E-state index in [1.165, 1.54) is 11.8 Å². The van der Waals surface area contributed by atoms with Gasteiger partial charge in [0.15, 0.2) is 5.16 Å². The fourth-order valence-corrected chi connectivity index (χ4v) is 2.24. The lowest BCUT2D eigenvalue weighted by Crippen LogP contribution is -2.15. The molecule has 0 aromatic carbocycles. The van der Waals surface area contributed by atoms with Crippen LogP contribution in [0.3, 0.4) is 0 Å². The molecule has 0 amide bonds. The summed E-state index contributed by atoms with van der Waals surface area (Å²) in [6.07, 6.45) is 3.28. The van der Waals surface area contributed by atoms with Crippen molar-refractivity contribution in [3.63, 3.8) is 0 Å². The minimum Gasteiger partial charge on any atom is -0.478 e. The highest BCUT2D eigenvalue weighted by atomic mass is 32.2. The van der Waals surface area contributed by atoms with Crippen molar-refractivity contribution in [3.8, 4) is 0 Å². The summed E-state index contributed by atoms with van der Waals surface area (Å²) in [5.74, 6) is -0.964. The van der Waals surface area contributed by atoms with E-state index >= 15 is 0 Å². The molecule has 0 atom stereocenters. The molecular formula is C14H15N3O2S. The van der Waals surface area contributed by atoms with Crippen molar-refractivity contribution in [2.45, 2.75) is 36.4 Å². The molecule has 104 valence electrons. The second kappa shape index (κ2) is 5.58. The zero-order valence-corrected chi connectivity index (χ0v) is 12.3. The Kier molecular flexibility index (Phi) is 4.04. The molecule has 5 nitrogen and oxygen atoms in total. The van der Waals surface area contributed by atoms with Gasteiger partial charge < -0.3 is 5.11 Å². The molecule has 6 heteroatoms. The Morgan fingerprint density at radius 1 is 1.20 bits per heavy atom. The minimum absolute atomic E-state index is 0.224. The van der Waals surface area contributed by atoms with Crippen molar-refractivity contribution >= 4 is 17.7 Å². The van der Waals surface area contributed by atoms with Gasteiger partial charge in [0.1, 0.15) is 5.03 Å². The van der Waals surface area contributed by atoms with E-state index in [1.807, 2.05) is 20.8 Å². The summed E-state index contributed by atoms with van der Waals surface area (Å²) in [6.45, 7) is 5.98. The number of carboxylic acid groups (broad SMARTS) is 1. The van der Waals surface area contributed by atoms with E-state index in [0.717, 1.165) is 5.69 Å². The highest BCUT2D eigenvalue weighted by Crippen LogP contribution is 2.28. The van der Waals surface area contributed by atoms with E-state index in [9.17, 15) is 9.90 Å². The Bertz CT molecular complexity index is 624. The molecule has 0 aliphatic rings. The maximum Gasteiger partial charge on any atom is 0.335 e. The summed E-state index contributed by atoms with van der Waals surface area (Å²) in [5, 5.41) is 10.3. The van der Waals surface area contributed by atoms with Gasteiger partial charge in [-0.15, -0.1) is 0 Å². The first-order valence-electron chi connectivity index (χ1n) is 6.07. The van der Waals surface area contributed by atoms with Gasteiger partial charge in [0, 0.05) is 23.5 Å². The van der Waals surface area contributed by atoms with Crippen LogP contribution in [0.25, 0.3) is 0 Å². The lowest BCUT2D eigenvalue weighted by Gasteiger charge is -2.18. The number of aromatic carboxylic acids is 1. The molecule has 20 heavy (non-hydrogen) atoms. The average molecular weight is 289 g/mol. The van der Waals surface area contributed by atoms with Crippen molar-refractivity contribution in [2.24, 2.45) is 0 Å². The topological polar surface area (TPSA) is 76.0 Å². The van der Waals surface area contributed by atoms with Gasteiger partial charge in [0.25, 0.3) is 0 Å². The van der Waals surface area contributed by atoms with E-state index in [0.29, 0.717) is 10.2 Å². The smallest absolute Gasteiger partial charge is 0.335 e. The van der Waals surface area contributed by atoms with E-state index < -0.39 is 5.97 Å². The SMILES string of the molecule is CC(C)(C)c1cc(C(=O)O)cc(Sc2ncccn2)n1. The maximum absolute atomic E-state index is 11.2. The summed E-state index contributed by atoms with van der Waals surface area (Å²) in [4.78, 5) is 23.9. The standard InChI is InChI=1S/C14H15N3O2S/c1-14(2,3)10-7-9(12(18)19)8-11(17-10)20-13-15-5-4-6-16-13/h4-8H,1-3H3,(H,18,19). The number of aromatic nitrogens is 3. The Labute approximate surface area is 121 Å². The van der Waals surface area contributed by atoms with Crippen LogP contribution < -0.4 is 0 Å². The number of carboxylic acids is 1. The van der Waals surface area contributed by atoms with Gasteiger partial charge in [-0.2, -0.15) is 0 Å². The van der Waals surface area contributed by atoms with Gasteiger partial charge in [0.2, 0.25) is 0 Å². The third kappa shape index (κ3) is 3.54. The zero-order valence-electron chi connectivity index (χ0n) is 11.5. The molecule has 2 aromatic rings. The molecular weight excluding hydrogens is 274 g/mol. The van der Waals surface area contributed by atoms with Crippen LogP contribution in [0.2, 0.25) is 0 Å². The highest BCUT2D eigenvalue weighted by molar-refractivity contribution is 7.99. The molecule has 0 spiro atoms. The number of pyridine rings is 1. The van der Waals surface area contributed by atoms with Gasteiger partial charge in [-0.05, 0) is 30.0 Å². The monoisotopic (exact) mass is 289 g/mol. The summed E-state index contributed by atoms with van der Waals surface area (Å²) in [6, 6.07) is 4.88. The van der Waals surface area contributed by atoms with Gasteiger partial charge in [-0.25, -0.2) is 19.7 Å². The Balaban J connectivity index is 2.42. The van der Waals surface area contributed by atoms with Crippen LogP contribution in [0.5, 0.6) is 0 Å². The van der Waals surface area contributed by atoms with Crippen molar-refractivity contribution in [3.05, 3.63) is 41.9 Å². The Morgan fingerprint density at radius 3 is 2.40 bits per heavy atom. The second-order valence-electron chi connectivity index (χ2n) is 5.27. The molecule has 0 saturated carbocycles. The molecule has 0 bridgehead atoms. The van der Waals surface area contributed by atoms with Crippen molar-refractivity contribution in [1.29, 1.82) is 0 Å². The lowest BCUT2D eigenvalue weighted by molar-refractivity contribution is 0.0696. The number of hydrogen-bond donors (Lipinski definition) is 1. The first kappa shape index (κ1) is 14.5. The third-order valence-electron chi connectivity index (χ3n) is 2.56.